The van der Waals surface area contributed by atoms with E-state index >= 15 is 0 Å². The zero-order valence-corrected chi connectivity index (χ0v) is 20.4. The molecule has 1 unspecified atom stereocenters. The van der Waals surface area contributed by atoms with Gasteiger partial charge in [-0.15, -0.1) is 0 Å². The Morgan fingerprint density at radius 2 is 1.85 bits per heavy atom. The van der Waals surface area contributed by atoms with E-state index < -0.39 is 6.04 Å². The highest BCUT2D eigenvalue weighted by atomic mass is 16.5. The first-order valence-corrected chi connectivity index (χ1v) is 12.1. The molecule has 2 aromatic carbocycles. The van der Waals surface area contributed by atoms with Gasteiger partial charge in [-0.1, -0.05) is 51.8 Å². The molecule has 1 atom stereocenters. The maximum absolute atomic E-state index is 13.6. The van der Waals surface area contributed by atoms with Crippen molar-refractivity contribution in [1.29, 1.82) is 0 Å². The van der Waals surface area contributed by atoms with Crippen molar-refractivity contribution in [2.75, 3.05) is 20.3 Å². The summed E-state index contributed by atoms with van der Waals surface area (Å²) < 4.78 is 17.6. The summed E-state index contributed by atoms with van der Waals surface area (Å²) in [5.74, 6) is 1.67. The number of methoxy groups -OCH3 is 1. The first-order chi connectivity index (χ1) is 16.5. The Labute approximate surface area is 200 Å². The predicted octanol–water partition coefficient (Wildman–Crippen LogP) is 5.96. The van der Waals surface area contributed by atoms with Crippen LogP contribution in [-0.4, -0.2) is 31.1 Å². The van der Waals surface area contributed by atoms with E-state index in [2.05, 4.69) is 20.8 Å². The summed E-state index contributed by atoms with van der Waals surface area (Å²) in [7, 11) is 1.60. The quantitative estimate of drug-likeness (QED) is 0.347. The Hall–Kier alpha value is -3.28. The first-order valence-electron chi connectivity index (χ1n) is 12.1. The molecular weight excluding hydrogens is 430 g/mol. The van der Waals surface area contributed by atoms with Gasteiger partial charge in [0, 0.05) is 6.54 Å². The second-order valence-corrected chi connectivity index (χ2v) is 9.22. The second-order valence-electron chi connectivity index (χ2n) is 9.22. The third-order valence-electron chi connectivity index (χ3n) is 6.33. The van der Waals surface area contributed by atoms with Crippen LogP contribution in [0.4, 0.5) is 0 Å². The van der Waals surface area contributed by atoms with Crippen molar-refractivity contribution in [3.8, 4) is 11.5 Å². The summed E-state index contributed by atoms with van der Waals surface area (Å²) in [6.07, 6.45) is 3.84. The van der Waals surface area contributed by atoms with Crippen LogP contribution >= 0.6 is 0 Å². The third-order valence-corrected chi connectivity index (χ3v) is 6.33. The molecule has 0 radical (unpaired) electrons. The Kier molecular flexibility index (Phi) is 7.25. The van der Waals surface area contributed by atoms with E-state index in [0.29, 0.717) is 47.1 Å². The molecule has 1 amide bonds. The first kappa shape index (κ1) is 23.9. The highest BCUT2D eigenvalue weighted by molar-refractivity contribution is 5.99. The minimum Gasteiger partial charge on any atom is -0.493 e. The lowest BCUT2D eigenvalue weighted by Crippen LogP contribution is -2.30. The number of nitrogens with zero attached hydrogens (tertiary/aromatic N) is 1. The van der Waals surface area contributed by atoms with Gasteiger partial charge in [-0.25, -0.2) is 0 Å². The number of carbonyl (C=O) groups is 1. The monoisotopic (exact) mass is 463 g/mol. The average molecular weight is 464 g/mol. The van der Waals surface area contributed by atoms with Gasteiger partial charge in [-0.2, -0.15) is 0 Å². The van der Waals surface area contributed by atoms with Crippen molar-refractivity contribution in [3.63, 3.8) is 0 Å². The van der Waals surface area contributed by atoms with Crippen LogP contribution in [0.3, 0.4) is 0 Å². The molecule has 180 valence electrons. The van der Waals surface area contributed by atoms with Gasteiger partial charge in [-0.05, 0) is 48.6 Å². The van der Waals surface area contributed by atoms with Gasteiger partial charge in [0.1, 0.15) is 5.58 Å². The molecule has 1 aromatic heterocycles. The highest BCUT2D eigenvalue weighted by Gasteiger charge is 2.42. The summed E-state index contributed by atoms with van der Waals surface area (Å²) >= 11 is 0. The fraction of sp³-hybridized carbons (Fsp3) is 0.429. The molecule has 2 heterocycles. The van der Waals surface area contributed by atoms with Crippen molar-refractivity contribution < 1.29 is 18.7 Å². The van der Waals surface area contributed by atoms with Crippen molar-refractivity contribution in [1.82, 2.24) is 4.90 Å². The number of benzene rings is 2. The van der Waals surface area contributed by atoms with Crippen LogP contribution in [-0.2, 0) is 0 Å². The van der Waals surface area contributed by atoms with Gasteiger partial charge >= 0.3 is 0 Å². The van der Waals surface area contributed by atoms with Crippen LogP contribution in [0, 0.1) is 5.92 Å². The molecule has 6 nitrogen and oxygen atoms in total. The molecule has 0 saturated heterocycles. The molecule has 0 N–H and O–H groups in total. The Bertz CT molecular complexity index is 1230. The Morgan fingerprint density at radius 1 is 1.06 bits per heavy atom. The number of ether oxygens (including phenoxy) is 2. The third kappa shape index (κ3) is 4.54. The van der Waals surface area contributed by atoms with E-state index in [9.17, 15) is 9.59 Å². The predicted molar refractivity (Wildman–Crippen MR) is 133 cm³/mol. The number of hydrogen-bond acceptors (Lipinski definition) is 5. The minimum absolute atomic E-state index is 0.140. The highest BCUT2D eigenvalue weighted by Crippen LogP contribution is 2.41. The van der Waals surface area contributed by atoms with E-state index in [1.807, 2.05) is 24.3 Å². The number of rotatable bonds is 10. The molecular formula is C28H33NO5. The molecule has 0 aliphatic carbocycles. The molecule has 0 fully saturated rings. The number of fused-ring (bicyclic) bond motifs is 2. The molecule has 0 bridgehead atoms. The van der Waals surface area contributed by atoms with Gasteiger partial charge in [0.25, 0.3) is 5.91 Å². The second kappa shape index (κ2) is 10.3. The lowest BCUT2D eigenvalue weighted by molar-refractivity contribution is 0.0724. The number of para-hydroxylation sites is 1. The fourth-order valence-corrected chi connectivity index (χ4v) is 4.45. The van der Waals surface area contributed by atoms with Gasteiger partial charge in [0.2, 0.25) is 5.76 Å². The number of carbonyl (C=O) groups excluding carboxylic acids is 1. The lowest BCUT2D eigenvalue weighted by atomic mass is 9.98. The van der Waals surface area contributed by atoms with Crippen molar-refractivity contribution in [2.24, 2.45) is 5.92 Å². The molecule has 34 heavy (non-hydrogen) atoms. The molecule has 1 aliphatic heterocycles. The summed E-state index contributed by atoms with van der Waals surface area (Å²) in [4.78, 5) is 28.8. The van der Waals surface area contributed by atoms with E-state index in [1.165, 1.54) is 0 Å². The van der Waals surface area contributed by atoms with Crippen LogP contribution in [0.25, 0.3) is 11.0 Å². The topological polar surface area (TPSA) is 69.0 Å². The summed E-state index contributed by atoms with van der Waals surface area (Å²) in [5.41, 5.74) is 1.47. The average Bonchev–Trinajstić information content (AvgIpc) is 3.11. The van der Waals surface area contributed by atoms with E-state index in [0.717, 1.165) is 31.2 Å². The van der Waals surface area contributed by atoms with Crippen LogP contribution < -0.4 is 14.9 Å². The van der Waals surface area contributed by atoms with E-state index in [4.69, 9.17) is 13.9 Å². The zero-order chi connectivity index (χ0) is 24.2. The zero-order valence-electron chi connectivity index (χ0n) is 20.4. The van der Waals surface area contributed by atoms with E-state index in [-0.39, 0.29) is 17.1 Å². The largest absolute Gasteiger partial charge is 0.493 e. The minimum atomic E-state index is -0.529. The normalized spacial score (nSPS) is 15.3. The van der Waals surface area contributed by atoms with E-state index in [1.54, 1.807) is 30.2 Å². The van der Waals surface area contributed by atoms with Crippen LogP contribution in [0.5, 0.6) is 11.5 Å². The van der Waals surface area contributed by atoms with Gasteiger partial charge in [-0.3, -0.25) is 9.59 Å². The van der Waals surface area contributed by atoms with Crippen LogP contribution in [0.15, 0.2) is 51.7 Å². The van der Waals surface area contributed by atoms with Gasteiger partial charge in [0.05, 0.1) is 30.7 Å². The summed E-state index contributed by atoms with van der Waals surface area (Å²) in [6.45, 7) is 7.57. The molecule has 4 rings (SSSR count). The smallest absolute Gasteiger partial charge is 0.290 e. The summed E-state index contributed by atoms with van der Waals surface area (Å²) in [5, 5.41) is 0.482. The maximum Gasteiger partial charge on any atom is 0.290 e. The molecule has 0 spiro atoms. The van der Waals surface area contributed by atoms with Crippen LogP contribution in [0.2, 0.25) is 0 Å². The van der Waals surface area contributed by atoms with Crippen LogP contribution in [0.1, 0.15) is 74.2 Å². The standard InChI is InChI=1S/C28H33NO5/c1-5-6-9-15-29-25(19-12-13-22(23(17-19)32-4)33-16-14-18(2)3)24-26(30)20-10-7-8-11-21(20)34-27(24)28(29)31/h7-8,10-13,17-18,25H,5-6,9,14-16H2,1-4H3. The van der Waals surface area contributed by atoms with Crippen molar-refractivity contribution in [3.05, 3.63) is 69.6 Å². The van der Waals surface area contributed by atoms with Crippen molar-refractivity contribution in [2.45, 2.75) is 52.5 Å². The van der Waals surface area contributed by atoms with Gasteiger partial charge < -0.3 is 18.8 Å². The Balaban J connectivity index is 1.79. The SMILES string of the molecule is CCCCCN1C(=O)c2oc3ccccc3c(=O)c2C1c1ccc(OCCC(C)C)c(OC)c1. The molecule has 1 aliphatic rings. The van der Waals surface area contributed by atoms with Crippen molar-refractivity contribution >= 4 is 16.9 Å². The fourth-order valence-electron chi connectivity index (χ4n) is 4.45. The maximum atomic E-state index is 13.6. The molecule has 0 saturated carbocycles. The van der Waals surface area contributed by atoms with Gasteiger partial charge in [0.15, 0.2) is 16.9 Å². The lowest BCUT2D eigenvalue weighted by Gasteiger charge is -2.26. The number of hydrogen-bond donors (Lipinski definition) is 0. The Morgan fingerprint density at radius 3 is 2.59 bits per heavy atom. The number of amides is 1. The number of unbranched alkanes of at least 4 members (excludes halogenated alkanes) is 2. The summed E-state index contributed by atoms with van der Waals surface area (Å²) in [6, 6.07) is 12.2. The molecule has 3 aromatic rings. The molecule has 6 heteroatoms.